The maximum atomic E-state index is 9.04. The fourth-order valence-electron chi connectivity index (χ4n) is 1.75. The Balaban J connectivity index is 2.13. The van der Waals surface area contributed by atoms with Crippen molar-refractivity contribution in [2.45, 2.75) is 13.5 Å². The lowest BCUT2D eigenvalue weighted by Crippen LogP contribution is -2.05. The zero-order valence-electron chi connectivity index (χ0n) is 10.8. The van der Waals surface area contributed by atoms with Gasteiger partial charge in [0.15, 0.2) is 0 Å². The van der Waals surface area contributed by atoms with E-state index in [9.17, 15) is 0 Å². The number of hydrogen-bond acceptors (Lipinski definition) is 4. The van der Waals surface area contributed by atoms with Gasteiger partial charge < -0.3 is 10.1 Å². The quantitative estimate of drug-likeness (QED) is 0.890. The highest BCUT2D eigenvalue weighted by Gasteiger charge is 2.05. The Morgan fingerprint density at radius 1 is 1.26 bits per heavy atom. The molecule has 0 aliphatic heterocycles. The maximum absolute atomic E-state index is 9.04. The van der Waals surface area contributed by atoms with E-state index in [2.05, 4.69) is 16.4 Å². The van der Waals surface area contributed by atoms with Crippen molar-refractivity contribution in [3.05, 3.63) is 53.7 Å². The summed E-state index contributed by atoms with van der Waals surface area (Å²) < 4.78 is 5.44. The normalized spacial score (nSPS) is 9.68. The highest BCUT2D eigenvalue weighted by molar-refractivity contribution is 5.53. The molecule has 1 N–H and O–H groups in total. The molecule has 0 aliphatic carbocycles. The number of nitriles is 1. The van der Waals surface area contributed by atoms with Crippen LogP contribution in [0.15, 0.2) is 42.6 Å². The maximum Gasteiger partial charge on any atom is 0.237 e. The summed E-state index contributed by atoms with van der Waals surface area (Å²) in [6, 6.07) is 13.5. The Kier molecular flexibility index (Phi) is 4.35. The van der Waals surface area contributed by atoms with Gasteiger partial charge in [0, 0.05) is 12.7 Å². The van der Waals surface area contributed by atoms with Crippen LogP contribution >= 0.6 is 0 Å². The van der Waals surface area contributed by atoms with Crippen LogP contribution in [0.3, 0.4) is 0 Å². The number of aromatic nitrogens is 1. The minimum Gasteiger partial charge on any atom is -0.476 e. The number of rotatable bonds is 5. The second-order valence-electron chi connectivity index (χ2n) is 3.91. The molecule has 0 saturated carbocycles. The van der Waals surface area contributed by atoms with Gasteiger partial charge in [0.05, 0.1) is 23.9 Å². The van der Waals surface area contributed by atoms with E-state index in [-0.39, 0.29) is 0 Å². The smallest absolute Gasteiger partial charge is 0.237 e. The van der Waals surface area contributed by atoms with Gasteiger partial charge in [0.25, 0.3) is 0 Å². The fourth-order valence-corrected chi connectivity index (χ4v) is 1.75. The van der Waals surface area contributed by atoms with Crippen LogP contribution in [0.2, 0.25) is 0 Å². The van der Waals surface area contributed by atoms with E-state index in [0.717, 1.165) is 11.3 Å². The van der Waals surface area contributed by atoms with E-state index < -0.39 is 0 Å². The lowest BCUT2D eigenvalue weighted by atomic mass is 10.1. The minimum absolute atomic E-state index is 0.565. The van der Waals surface area contributed by atoms with Crippen LogP contribution in [0.5, 0.6) is 5.88 Å². The lowest BCUT2D eigenvalue weighted by Gasteiger charge is -2.11. The number of anilines is 1. The first-order valence-electron chi connectivity index (χ1n) is 6.15. The molecule has 0 aliphatic rings. The van der Waals surface area contributed by atoms with Gasteiger partial charge >= 0.3 is 0 Å². The molecule has 2 rings (SSSR count). The summed E-state index contributed by atoms with van der Waals surface area (Å²) in [5.74, 6) is 0.583. The van der Waals surface area contributed by atoms with E-state index in [1.807, 2.05) is 43.3 Å². The Morgan fingerprint density at radius 3 is 2.89 bits per heavy atom. The van der Waals surface area contributed by atoms with E-state index in [4.69, 9.17) is 10.00 Å². The fraction of sp³-hybridized carbons (Fsp3) is 0.200. The van der Waals surface area contributed by atoms with Gasteiger partial charge in [-0.15, -0.1) is 0 Å². The number of nitrogens with one attached hydrogen (secondary N) is 1. The van der Waals surface area contributed by atoms with Crippen LogP contribution in [0.4, 0.5) is 5.69 Å². The third-order valence-corrected chi connectivity index (χ3v) is 2.66. The standard InChI is InChI=1S/C15H15N3O/c1-2-19-15-14(8-5-9-17-15)18-11-13-7-4-3-6-12(13)10-16/h3-9,18H,2,11H2,1H3. The summed E-state index contributed by atoms with van der Waals surface area (Å²) in [5.41, 5.74) is 2.46. The molecule has 1 heterocycles. The van der Waals surface area contributed by atoms with Crippen molar-refractivity contribution in [1.29, 1.82) is 5.26 Å². The van der Waals surface area contributed by atoms with Crippen molar-refractivity contribution >= 4 is 5.69 Å². The number of pyridine rings is 1. The molecule has 96 valence electrons. The molecule has 0 fully saturated rings. The number of ether oxygens (including phenoxy) is 1. The van der Waals surface area contributed by atoms with Crippen LogP contribution < -0.4 is 10.1 Å². The van der Waals surface area contributed by atoms with Gasteiger partial charge in [-0.25, -0.2) is 4.98 Å². The third-order valence-electron chi connectivity index (χ3n) is 2.66. The molecule has 2 aromatic rings. The highest BCUT2D eigenvalue weighted by Crippen LogP contribution is 2.21. The topological polar surface area (TPSA) is 57.9 Å². The van der Waals surface area contributed by atoms with Gasteiger partial charge in [-0.3, -0.25) is 0 Å². The van der Waals surface area contributed by atoms with Crippen LogP contribution in [0.25, 0.3) is 0 Å². The zero-order valence-corrected chi connectivity index (χ0v) is 10.8. The van der Waals surface area contributed by atoms with E-state index >= 15 is 0 Å². The Labute approximate surface area is 112 Å². The van der Waals surface area contributed by atoms with Crippen molar-refractivity contribution in [3.63, 3.8) is 0 Å². The van der Waals surface area contributed by atoms with Gasteiger partial charge in [-0.2, -0.15) is 5.26 Å². The molecule has 0 unspecified atom stereocenters. The number of nitrogens with zero attached hydrogens (tertiary/aromatic N) is 2. The summed E-state index contributed by atoms with van der Waals surface area (Å²) in [6.07, 6.45) is 1.69. The second-order valence-corrected chi connectivity index (χ2v) is 3.91. The summed E-state index contributed by atoms with van der Waals surface area (Å²) in [6.45, 7) is 3.05. The molecule has 0 bridgehead atoms. The summed E-state index contributed by atoms with van der Waals surface area (Å²) in [4.78, 5) is 4.17. The number of hydrogen-bond donors (Lipinski definition) is 1. The van der Waals surface area contributed by atoms with Gasteiger partial charge in [0.1, 0.15) is 0 Å². The second kappa shape index (κ2) is 6.41. The van der Waals surface area contributed by atoms with E-state index in [1.165, 1.54) is 0 Å². The van der Waals surface area contributed by atoms with Crippen LogP contribution in [-0.2, 0) is 6.54 Å². The van der Waals surface area contributed by atoms with E-state index in [0.29, 0.717) is 24.6 Å². The van der Waals surface area contributed by atoms with Crippen molar-refractivity contribution in [2.75, 3.05) is 11.9 Å². The van der Waals surface area contributed by atoms with Crippen LogP contribution in [0.1, 0.15) is 18.1 Å². The van der Waals surface area contributed by atoms with Crippen LogP contribution in [-0.4, -0.2) is 11.6 Å². The van der Waals surface area contributed by atoms with Crippen molar-refractivity contribution < 1.29 is 4.74 Å². The molecule has 0 spiro atoms. The van der Waals surface area contributed by atoms with Gasteiger partial charge in [-0.05, 0) is 30.7 Å². The van der Waals surface area contributed by atoms with Gasteiger partial charge in [0.2, 0.25) is 5.88 Å². The summed E-state index contributed by atoms with van der Waals surface area (Å²) >= 11 is 0. The molecule has 4 nitrogen and oxygen atoms in total. The number of benzene rings is 1. The van der Waals surface area contributed by atoms with Crippen molar-refractivity contribution in [3.8, 4) is 11.9 Å². The molecular formula is C15H15N3O. The van der Waals surface area contributed by atoms with Crippen molar-refractivity contribution in [1.82, 2.24) is 4.98 Å². The van der Waals surface area contributed by atoms with Crippen molar-refractivity contribution in [2.24, 2.45) is 0 Å². The summed E-state index contributed by atoms with van der Waals surface area (Å²) in [7, 11) is 0. The predicted octanol–water partition coefficient (Wildman–Crippen LogP) is 2.96. The first-order valence-corrected chi connectivity index (χ1v) is 6.15. The monoisotopic (exact) mass is 253 g/mol. The lowest BCUT2D eigenvalue weighted by molar-refractivity contribution is 0.328. The predicted molar refractivity (Wildman–Crippen MR) is 73.9 cm³/mol. The Hall–Kier alpha value is -2.54. The molecule has 0 radical (unpaired) electrons. The Bertz CT molecular complexity index is 590. The molecule has 0 atom stereocenters. The molecule has 0 saturated heterocycles. The minimum atomic E-state index is 0.565. The highest BCUT2D eigenvalue weighted by atomic mass is 16.5. The average Bonchev–Trinajstić information content (AvgIpc) is 2.47. The molecule has 19 heavy (non-hydrogen) atoms. The Morgan fingerprint density at radius 2 is 2.11 bits per heavy atom. The molecule has 1 aromatic heterocycles. The SMILES string of the molecule is CCOc1ncccc1NCc1ccccc1C#N. The largest absolute Gasteiger partial charge is 0.476 e. The van der Waals surface area contributed by atoms with Gasteiger partial charge in [-0.1, -0.05) is 18.2 Å². The first-order chi connectivity index (χ1) is 9.35. The molecular weight excluding hydrogens is 238 g/mol. The average molecular weight is 253 g/mol. The molecule has 0 amide bonds. The molecule has 1 aromatic carbocycles. The van der Waals surface area contributed by atoms with Crippen LogP contribution in [0, 0.1) is 11.3 Å². The van der Waals surface area contributed by atoms with E-state index in [1.54, 1.807) is 6.20 Å². The molecule has 4 heteroatoms. The third kappa shape index (κ3) is 3.23. The first kappa shape index (κ1) is 12.9. The zero-order chi connectivity index (χ0) is 13.5. The summed E-state index contributed by atoms with van der Waals surface area (Å²) in [5, 5.41) is 12.3.